The van der Waals surface area contributed by atoms with Gasteiger partial charge in [-0.25, -0.2) is 0 Å². The highest BCUT2D eigenvalue weighted by Crippen LogP contribution is 2.25. The fourth-order valence-electron chi connectivity index (χ4n) is 2.74. The van der Waals surface area contributed by atoms with Crippen molar-refractivity contribution in [3.05, 3.63) is 53.0 Å². The minimum absolute atomic E-state index is 0.260. The van der Waals surface area contributed by atoms with Gasteiger partial charge in [0, 0.05) is 23.2 Å². The molecule has 0 amide bonds. The van der Waals surface area contributed by atoms with E-state index in [1.54, 1.807) is 0 Å². The lowest BCUT2D eigenvalue weighted by Crippen LogP contribution is -2.45. The van der Waals surface area contributed by atoms with Crippen LogP contribution in [0.1, 0.15) is 13.8 Å². The number of nitrogens with zero attached hydrogens (tertiary/aromatic N) is 3. The maximum Gasteiger partial charge on any atom is 0.0858 e. The molecule has 1 aliphatic heterocycles. The van der Waals surface area contributed by atoms with Gasteiger partial charge in [0.1, 0.15) is 0 Å². The molecule has 0 N–H and O–H groups in total. The number of azo groups is 1. The zero-order chi connectivity index (χ0) is 16.2. The average Bonchev–Trinajstić information content (AvgIpc) is 2.54. The van der Waals surface area contributed by atoms with Crippen LogP contribution in [-0.4, -0.2) is 25.3 Å². The molecule has 0 spiro atoms. The second-order valence-corrected chi connectivity index (χ2v) is 6.77. The lowest BCUT2D eigenvalue weighted by atomic mass is 10.2. The van der Waals surface area contributed by atoms with Crippen molar-refractivity contribution in [2.45, 2.75) is 26.1 Å². The van der Waals surface area contributed by atoms with E-state index in [4.69, 9.17) is 4.74 Å². The summed E-state index contributed by atoms with van der Waals surface area (Å²) in [5.41, 5.74) is 2.90. The summed E-state index contributed by atoms with van der Waals surface area (Å²) in [5.74, 6) is 0. The van der Waals surface area contributed by atoms with Crippen LogP contribution in [0.3, 0.4) is 0 Å². The minimum Gasteiger partial charge on any atom is -0.372 e. The summed E-state index contributed by atoms with van der Waals surface area (Å²) in [5, 5.41) is 8.54. The van der Waals surface area contributed by atoms with Crippen molar-refractivity contribution < 1.29 is 4.74 Å². The van der Waals surface area contributed by atoms with E-state index in [0.717, 1.165) is 28.9 Å². The van der Waals surface area contributed by atoms with E-state index in [0.29, 0.717) is 0 Å². The van der Waals surface area contributed by atoms with Gasteiger partial charge in [-0.05, 0) is 62.4 Å². The Kier molecular flexibility index (Phi) is 5.08. The highest BCUT2D eigenvalue weighted by atomic mass is 79.9. The second kappa shape index (κ2) is 7.23. The SMILES string of the molecule is C[C@@H]1CN(c2ccc(N=Nc3ccc(Br)cc3)cc2)C[C@H](C)O1. The van der Waals surface area contributed by atoms with Crippen molar-refractivity contribution >= 4 is 33.0 Å². The molecule has 2 atom stereocenters. The zero-order valence-electron chi connectivity index (χ0n) is 13.3. The highest BCUT2D eigenvalue weighted by molar-refractivity contribution is 9.10. The van der Waals surface area contributed by atoms with Crippen LogP contribution >= 0.6 is 15.9 Å². The number of morpholine rings is 1. The Bertz CT molecular complexity index is 660. The van der Waals surface area contributed by atoms with Gasteiger partial charge in [0.15, 0.2) is 0 Å². The molecule has 0 unspecified atom stereocenters. The smallest absolute Gasteiger partial charge is 0.0858 e. The predicted molar refractivity (Wildman–Crippen MR) is 97.0 cm³/mol. The fourth-order valence-corrected chi connectivity index (χ4v) is 3.01. The summed E-state index contributed by atoms with van der Waals surface area (Å²) in [7, 11) is 0. The van der Waals surface area contributed by atoms with E-state index in [1.807, 2.05) is 36.4 Å². The molecule has 0 bridgehead atoms. The van der Waals surface area contributed by atoms with E-state index in [-0.39, 0.29) is 12.2 Å². The molecule has 23 heavy (non-hydrogen) atoms. The van der Waals surface area contributed by atoms with Gasteiger partial charge in [0.05, 0.1) is 23.6 Å². The van der Waals surface area contributed by atoms with Crippen LogP contribution in [0, 0.1) is 0 Å². The topological polar surface area (TPSA) is 37.2 Å². The van der Waals surface area contributed by atoms with Crippen molar-refractivity contribution in [1.82, 2.24) is 0 Å². The van der Waals surface area contributed by atoms with Crippen LogP contribution < -0.4 is 4.90 Å². The third kappa shape index (κ3) is 4.39. The third-order valence-electron chi connectivity index (χ3n) is 3.74. The van der Waals surface area contributed by atoms with E-state index >= 15 is 0 Å². The highest BCUT2D eigenvalue weighted by Gasteiger charge is 2.22. The largest absolute Gasteiger partial charge is 0.372 e. The summed E-state index contributed by atoms with van der Waals surface area (Å²) >= 11 is 3.41. The van der Waals surface area contributed by atoms with Gasteiger partial charge >= 0.3 is 0 Å². The van der Waals surface area contributed by atoms with Crippen molar-refractivity contribution in [3.8, 4) is 0 Å². The van der Waals surface area contributed by atoms with Crippen molar-refractivity contribution in [3.63, 3.8) is 0 Å². The number of hydrogen-bond acceptors (Lipinski definition) is 4. The Morgan fingerprint density at radius 1 is 0.870 bits per heavy atom. The zero-order valence-corrected chi connectivity index (χ0v) is 14.9. The Morgan fingerprint density at radius 2 is 1.35 bits per heavy atom. The summed E-state index contributed by atoms with van der Waals surface area (Å²) in [6, 6.07) is 16.0. The standard InChI is InChI=1S/C18H20BrN3O/c1-13-11-22(12-14(2)23-13)18-9-7-17(8-10-18)21-20-16-5-3-15(19)4-6-16/h3-10,13-14H,11-12H2,1-2H3/t13-,14+. The summed E-state index contributed by atoms with van der Waals surface area (Å²) in [4.78, 5) is 2.36. The first-order valence-electron chi connectivity index (χ1n) is 7.78. The first-order valence-corrected chi connectivity index (χ1v) is 8.57. The second-order valence-electron chi connectivity index (χ2n) is 5.86. The molecule has 0 saturated carbocycles. The molecule has 1 fully saturated rings. The van der Waals surface area contributed by atoms with E-state index in [9.17, 15) is 0 Å². The van der Waals surface area contributed by atoms with Crippen molar-refractivity contribution in [2.75, 3.05) is 18.0 Å². The number of anilines is 1. The Morgan fingerprint density at radius 3 is 1.87 bits per heavy atom. The molecule has 2 aromatic carbocycles. The predicted octanol–water partition coefficient (Wildman–Crippen LogP) is 5.48. The van der Waals surface area contributed by atoms with Crippen LogP contribution in [-0.2, 0) is 4.74 Å². The van der Waals surface area contributed by atoms with E-state index < -0.39 is 0 Å². The first-order chi connectivity index (χ1) is 11.1. The fraction of sp³-hybridized carbons (Fsp3) is 0.333. The monoisotopic (exact) mass is 373 g/mol. The number of ether oxygens (including phenoxy) is 1. The normalized spacial score (nSPS) is 21.8. The molecule has 1 saturated heterocycles. The van der Waals surface area contributed by atoms with Crippen LogP contribution in [0.15, 0.2) is 63.2 Å². The van der Waals surface area contributed by atoms with Gasteiger partial charge < -0.3 is 9.64 Å². The number of halogens is 1. The van der Waals surface area contributed by atoms with Gasteiger partial charge in [-0.3, -0.25) is 0 Å². The molecule has 120 valence electrons. The molecule has 1 aliphatic rings. The third-order valence-corrected chi connectivity index (χ3v) is 4.27. The van der Waals surface area contributed by atoms with Gasteiger partial charge in [-0.1, -0.05) is 15.9 Å². The van der Waals surface area contributed by atoms with Crippen LogP contribution in [0.25, 0.3) is 0 Å². The number of rotatable bonds is 3. The van der Waals surface area contributed by atoms with Crippen molar-refractivity contribution in [2.24, 2.45) is 10.2 Å². The molecular formula is C18H20BrN3O. The minimum atomic E-state index is 0.260. The van der Waals surface area contributed by atoms with Gasteiger partial charge in [0.25, 0.3) is 0 Å². The maximum absolute atomic E-state index is 5.78. The number of hydrogen-bond donors (Lipinski definition) is 0. The quantitative estimate of drug-likeness (QED) is 0.668. The number of benzene rings is 2. The van der Waals surface area contributed by atoms with Gasteiger partial charge in [-0.15, -0.1) is 0 Å². The van der Waals surface area contributed by atoms with Crippen molar-refractivity contribution in [1.29, 1.82) is 0 Å². The summed E-state index contributed by atoms with van der Waals surface area (Å²) < 4.78 is 6.82. The van der Waals surface area contributed by atoms with Gasteiger partial charge in [0.2, 0.25) is 0 Å². The Labute approximate surface area is 145 Å². The lowest BCUT2D eigenvalue weighted by molar-refractivity contribution is -0.00521. The first kappa shape index (κ1) is 16.1. The van der Waals surface area contributed by atoms with Crippen LogP contribution in [0.5, 0.6) is 0 Å². The molecular weight excluding hydrogens is 354 g/mol. The molecule has 4 nitrogen and oxygen atoms in total. The Hall–Kier alpha value is -1.72. The van der Waals surface area contributed by atoms with Crippen LogP contribution in [0.4, 0.5) is 17.1 Å². The Balaban J connectivity index is 1.68. The summed E-state index contributed by atoms with van der Waals surface area (Å²) in [6.07, 6.45) is 0.519. The molecule has 0 radical (unpaired) electrons. The lowest BCUT2D eigenvalue weighted by Gasteiger charge is -2.36. The van der Waals surface area contributed by atoms with E-state index in [1.165, 1.54) is 5.69 Å². The van der Waals surface area contributed by atoms with Gasteiger partial charge in [-0.2, -0.15) is 10.2 Å². The molecule has 0 aliphatic carbocycles. The molecule has 0 aromatic heterocycles. The maximum atomic E-state index is 5.78. The molecule has 5 heteroatoms. The molecule has 2 aromatic rings. The van der Waals surface area contributed by atoms with E-state index in [2.05, 4.69) is 57.0 Å². The molecule has 1 heterocycles. The molecule has 3 rings (SSSR count). The van der Waals surface area contributed by atoms with Crippen LogP contribution in [0.2, 0.25) is 0 Å². The summed E-state index contributed by atoms with van der Waals surface area (Å²) in [6.45, 7) is 6.07. The average molecular weight is 374 g/mol.